The van der Waals surface area contributed by atoms with Gasteiger partial charge in [0.25, 0.3) is 5.91 Å². The summed E-state index contributed by atoms with van der Waals surface area (Å²) in [4.78, 5) is 24.7. The summed E-state index contributed by atoms with van der Waals surface area (Å²) in [6, 6.07) is 3.25. The van der Waals surface area contributed by atoms with Crippen molar-refractivity contribution < 1.29 is 28.0 Å². The molecule has 2 rings (SSSR count). The molecule has 0 bridgehead atoms. The molecule has 7 heteroatoms. The van der Waals surface area contributed by atoms with Crippen LogP contribution in [-0.2, 0) is 14.3 Å². The number of ether oxygens (including phenoxy) is 1. The molecule has 0 saturated carbocycles. The first kappa shape index (κ1) is 17.3. The fourth-order valence-electron chi connectivity index (χ4n) is 2.70. The van der Waals surface area contributed by atoms with E-state index in [4.69, 9.17) is 4.74 Å². The summed E-state index contributed by atoms with van der Waals surface area (Å²) in [5, 5.41) is 2.55. The van der Waals surface area contributed by atoms with Gasteiger partial charge in [0.1, 0.15) is 0 Å². The second-order valence-electron chi connectivity index (χ2n) is 5.63. The van der Waals surface area contributed by atoms with Crippen molar-refractivity contribution in [1.29, 1.82) is 0 Å². The predicted octanol–water partition coefficient (Wildman–Crippen LogP) is 0.761. The van der Waals surface area contributed by atoms with Crippen LogP contribution in [0.5, 0.6) is 0 Å². The Morgan fingerprint density at radius 2 is 1.96 bits per heavy atom. The zero-order valence-corrected chi connectivity index (χ0v) is 13.0. The third-order valence-corrected chi connectivity index (χ3v) is 3.93. The Labute approximate surface area is 133 Å². The van der Waals surface area contributed by atoms with Crippen molar-refractivity contribution in [1.82, 2.24) is 0 Å². The molecule has 1 heterocycles. The standard InChI is InChI=1S/C16H20F2N2O3/c1-2-23-16(22)11-5-7-20(8-6-11)10-15(21)19-12-3-4-13(17)14(18)9-12/h3-4,9,11H,2,5-8,10H2,1H3,(H,19,21)/p+1. The van der Waals surface area contributed by atoms with Gasteiger partial charge in [0.2, 0.25) is 0 Å². The molecule has 0 radical (unpaired) electrons. The highest BCUT2D eigenvalue weighted by Crippen LogP contribution is 2.13. The van der Waals surface area contributed by atoms with Crippen LogP contribution in [0.25, 0.3) is 0 Å². The van der Waals surface area contributed by atoms with Crippen molar-refractivity contribution in [2.45, 2.75) is 19.8 Å². The number of hydrogen-bond acceptors (Lipinski definition) is 3. The second kappa shape index (κ2) is 8.01. The molecule has 1 aromatic carbocycles. The fourth-order valence-corrected chi connectivity index (χ4v) is 2.70. The van der Waals surface area contributed by atoms with Gasteiger partial charge in [0, 0.05) is 24.6 Å². The number of carbonyl (C=O) groups is 2. The van der Waals surface area contributed by atoms with Crippen LogP contribution >= 0.6 is 0 Å². The van der Waals surface area contributed by atoms with Crippen LogP contribution in [0.4, 0.5) is 14.5 Å². The molecule has 1 aliphatic heterocycles. The summed E-state index contributed by atoms with van der Waals surface area (Å²) in [6.45, 7) is 3.79. The van der Waals surface area contributed by atoms with Gasteiger partial charge in [-0.1, -0.05) is 0 Å². The van der Waals surface area contributed by atoms with Crippen LogP contribution in [0, 0.1) is 17.6 Å². The van der Waals surface area contributed by atoms with E-state index in [9.17, 15) is 18.4 Å². The van der Waals surface area contributed by atoms with E-state index in [1.165, 1.54) is 6.07 Å². The molecule has 1 amide bonds. The van der Waals surface area contributed by atoms with Gasteiger partial charge in [0.05, 0.1) is 25.6 Å². The van der Waals surface area contributed by atoms with Gasteiger partial charge in [-0.25, -0.2) is 8.78 Å². The Kier molecular flexibility index (Phi) is 6.04. The number of carbonyl (C=O) groups excluding carboxylic acids is 2. The van der Waals surface area contributed by atoms with Gasteiger partial charge in [-0.15, -0.1) is 0 Å². The number of piperidine rings is 1. The number of rotatable bonds is 5. The Morgan fingerprint density at radius 1 is 1.26 bits per heavy atom. The molecule has 1 aromatic rings. The lowest BCUT2D eigenvalue weighted by Crippen LogP contribution is -3.14. The van der Waals surface area contributed by atoms with Gasteiger partial charge < -0.3 is 15.0 Å². The number of amides is 1. The van der Waals surface area contributed by atoms with Crippen LogP contribution in [0.3, 0.4) is 0 Å². The van der Waals surface area contributed by atoms with E-state index in [-0.39, 0.29) is 30.0 Å². The lowest BCUT2D eigenvalue weighted by atomic mass is 9.97. The van der Waals surface area contributed by atoms with E-state index in [0.29, 0.717) is 32.5 Å². The van der Waals surface area contributed by atoms with Crippen LogP contribution in [0.1, 0.15) is 19.8 Å². The minimum absolute atomic E-state index is 0.0899. The van der Waals surface area contributed by atoms with Crippen LogP contribution < -0.4 is 10.2 Å². The van der Waals surface area contributed by atoms with Crippen molar-refractivity contribution in [3.63, 3.8) is 0 Å². The van der Waals surface area contributed by atoms with E-state index in [2.05, 4.69) is 5.32 Å². The number of benzene rings is 1. The average Bonchev–Trinajstić information content (AvgIpc) is 2.52. The van der Waals surface area contributed by atoms with Crippen molar-refractivity contribution in [2.75, 3.05) is 31.6 Å². The topological polar surface area (TPSA) is 59.8 Å². The van der Waals surface area contributed by atoms with Gasteiger partial charge in [-0.3, -0.25) is 9.59 Å². The molecule has 5 nitrogen and oxygen atoms in total. The quantitative estimate of drug-likeness (QED) is 0.785. The number of anilines is 1. The molecule has 0 aliphatic carbocycles. The maximum absolute atomic E-state index is 13.1. The zero-order valence-electron chi connectivity index (χ0n) is 13.0. The summed E-state index contributed by atoms with van der Waals surface area (Å²) in [7, 11) is 0. The lowest BCUT2D eigenvalue weighted by Gasteiger charge is -2.27. The molecular formula is C16H21F2N2O3+. The minimum atomic E-state index is -0.995. The average molecular weight is 327 g/mol. The monoisotopic (exact) mass is 327 g/mol. The number of quaternary nitrogens is 1. The van der Waals surface area contributed by atoms with Crippen LogP contribution in [0.15, 0.2) is 18.2 Å². The highest BCUT2D eigenvalue weighted by Gasteiger charge is 2.29. The number of esters is 1. The summed E-state index contributed by atoms with van der Waals surface area (Å²) >= 11 is 0. The summed E-state index contributed by atoms with van der Waals surface area (Å²) in [5.74, 6) is -2.47. The third kappa shape index (κ3) is 4.99. The molecule has 2 N–H and O–H groups in total. The Bertz CT molecular complexity index is 572. The molecule has 1 saturated heterocycles. The largest absolute Gasteiger partial charge is 0.466 e. The first-order chi connectivity index (χ1) is 11.0. The third-order valence-electron chi connectivity index (χ3n) is 3.93. The molecule has 0 aromatic heterocycles. The number of likely N-dealkylation sites (tertiary alicyclic amines) is 1. The second-order valence-corrected chi connectivity index (χ2v) is 5.63. The molecule has 126 valence electrons. The SMILES string of the molecule is CCOC(=O)C1CC[NH+](CC(=O)Nc2ccc(F)c(F)c2)CC1. The first-order valence-corrected chi connectivity index (χ1v) is 7.74. The smallest absolute Gasteiger partial charge is 0.309 e. The number of halogens is 2. The Hall–Kier alpha value is -2.02. The van der Waals surface area contributed by atoms with Gasteiger partial charge in [-0.2, -0.15) is 0 Å². The zero-order chi connectivity index (χ0) is 16.8. The number of nitrogens with one attached hydrogen (secondary N) is 2. The predicted molar refractivity (Wildman–Crippen MR) is 79.9 cm³/mol. The van der Waals surface area contributed by atoms with Crippen molar-refractivity contribution in [3.8, 4) is 0 Å². The van der Waals surface area contributed by atoms with E-state index < -0.39 is 11.6 Å². The molecular weight excluding hydrogens is 306 g/mol. The van der Waals surface area contributed by atoms with E-state index in [1.807, 2.05) is 0 Å². The maximum atomic E-state index is 13.1. The van der Waals surface area contributed by atoms with E-state index >= 15 is 0 Å². The Balaban J connectivity index is 1.78. The van der Waals surface area contributed by atoms with Crippen molar-refractivity contribution >= 4 is 17.6 Å². The highest BCUT2D eigenvalue weighted by atomic mass is 19.2. The maximum Gasteiger partial charge on any atom is 0.309 e. The first-order valence-electron chi connectivity index (χ1n) is 7.74. The van der Waals surface area contributed by atoms with Gasteiger partial charge in [0.15, 0.2) is 18.2 Å². The van der Waals surface area contributed by atoms with E-state index in [1.54, 1.807) is 6.92 Å². The number of hydrogen-bond donors (Lipinski definition) is 2. The molecule has 1 aliphatic rings. The lowest BCUT2D eigenvalue weighted by molar-refractivity contribution is -0.897. The van der Waals surface area contributed by atoms with Crippen LogP contribution in [0.2, 0.25) is 0 Å². The molecule has 0 unspecified atom stereocenters. The molecule has 0 spiro atoms. The molecule has 1 fully saturated rings. The molecule has 0 atom stereocenters. The summed E-state index contributed by atoms with van der Waals surface area (Å²) < 4.78 is 30.9. The van der Waals surface area contributed by atoms with E-state index in [0.717, 1.165) is 17.0 Å². The fraction of sp³-hybridized carbons (Fsp3) is 0.500. The minimum Gasteiger partial charge on any atom is -0.466 e. The summed E-state index contributed by atoms with van der Waals surface area (Å²) in [6.07, 6.45) is 1.37. The normalized spacial score (nSPS) is 20.8. The van der Waals surface area contributed by atoms with Crippen molar-refractivity contribution in [2.24, 2.45) is 5.92 Å². The Morgan fingerprint density at radius 3 is 2.57 bits per heavy atom. The van der Waals surface area contributed by atoms with Crippen molar-refractivity contribution in [3.05, 3.63) is 29.8 Å². The summed E-state index contributed by atoms with van der Waals surface area (Å²) in [5.41, 5.74) is 0.231. The highest BCUT2D eigenvalue weighted by molar-refractivity contribution is 5.91. The van der Waals surface area contributed by atoms with Gasteiger partial charge >= 0.3 is 5.97 Å². The van der Waals surface area contributed by atoms with Gasteiger partial charge in [-0.05, 0) is 19.1 Å². The van der Waals surface area contributed by atoms with Crippen LogP contribution in [-0.4, -0.2) is 38.1 Å². The molecule has 23 heavy (non-hydrogen) atoms.